The van der Waals surface area contributed by atoms with E-state index < -0.39 is 0 Å². The Morgan fingerprint density at radius 3 is 2.50 bits per heavy atom. The van der Waals surface area contributed by atoms with Gasteiger partial charge in [-0.2, -0.15) is 0 Å². The van der Waals surface area contributed by atoms with Gasteiger partial charge < -0.3 is 14.6 Å². The molecule has 0 bridgehead atoms. The quantitative estimate of drug-likeness (QED) is 0.858. The van der Waals surface area contributed by atoms with Crippen LogP contribution >= 0.6 is 0 Å². The lowest BCUT2D eigenvalue weighted by Crippen LogP contribution is -2.45. The Labute approximate surface area is 110 Å². The Bertz CT molecular complexity index is 367. The highest BCUT2D eigenvalue weighted by Crippen LogP contribution is 2.17. The fraction of sp³-hybridized carbons (Fsp3) is 0.714. The molecule has 0 spiro atoms. The van der Waals surface area contributed by atoms with Crippen molar-refractivity contribution in [3.63, 3.8) is 0 Å². The largest absolute Gasteiger partial charge is 0.465 e. The van der Waals surface area contributed by atoms with Crippen LogP contribution < -0.4 is 5.32 Å². The topological polar surface area (TPSA) is 31.6 Å². The fourth-order valence-electron chi connectivity index (χ4n) is 2.51. The molecular formula is C14H25N3O. The van der Waals surface area contributed by atoms with E-state index in [1.54, 1.807) is 0 Å². The lowest BCUT2D eigenvalue weighted by atomic mass is 10.2. The summed E-state index contributed by atoms with van der Waals surface area (Å²) < 4.78 is 5.74. The van der Waals surface area contributed by atoms with Crippen LogP contribution in [0.4, 0.5) is 0 Å². The third-order valence-electron chi connectivity index (χ3n) is 3.73. The predicted octanol–water partition coefficient (Wildman–Crippen LogP) is 1.44. The molecule has 0 aromatic carbocycles. The molecule has 0 atom stereocenters. The molecule has 0 amide bonds. The molecule has 1 aliphatic rings. The number of likely N-dealkylation sites (N-methyl/N-ethyl adjacent to an activating group) is 1. The van der Waals surface area contributed by atoms with Crippen LogP contribution in [0.2, 0.25) is 0 Å². The maximum absolute atomic E-state index is 5.74. The van der Waals surface area contributed by atoms with Crippen LogP contribution in [0, 0.1) is 6.92 Å². The Morgan fingerprint density at radius 1 is 1.22 bits per heavy atom. The summed E-state index contributed by atoms with van der Waals surface area (Å²) in [6.07, 6.45) is 0. The lowest BCUT2D eigenvalue weighted by molar-refractivity contribution is 0.131. The van der Waals surface area contributed by atoms with Crippen LogP contribution in [0.5, 0.6) is 0 Å². The third kappa shape index (κ3) is 3.34. The SMILES string of the molecule is CCN1CCN(Cc2cc(CNC)oc2C)CC1. The van der Waals surface area contributed by atoms with E-state index in [2.05, 4.69) is 35.0 Å². The molecule has 1 fully saturated rings. The average Bonchev–Trinajstić information content (AvgIpc) is 2.71. The molecule has 0 unspecified atom stereocenters. The van der Waals surface area contributed by atoms with Crippen molar-refractivity contribution in [2.45, 2.75) is 26.9 Å². The minimum Gasteiger partial charge on any atom is -0.465 e. The van der Waals surface area contributed by atoms with Gasteiger partial charge in [-0.15, -0.1) is 0 Å². The molecule has 1 N–H and O–H groups in total. The van der Waals surface area contributed by atoms with E-state index in [4.69, 9.17) is 4.42 Å². The fourth-order valence-corrected chi connectivity index (χ4v) is 2.51. The van der Waals surface area contributed by atoms with Crippen LogP contribution in [-0.2, 0) is 13.1 Å². The molecule has 1 aromatic heterocycles. The van der Waals surface area contributed by atoms with E-state index in [1.165, 1.54) is 38.3 Å². The first-order chi connectivity index (χ1) is 8.72. The monoisotopic (exact) mass is 251 g/mol. The number of furan rings is 1. The Hall–Kier alpha value is -0.840. The van der Waals surface area contributed by atoms with Crippen molar-refractivity contribution in [1.29, 1.82) is 0 Å². The average molecular weight is 251 g/mol. The zero-order chi connectivity index (χ0) is 13.0. The third-order valence-corrected chi connectivity index (χ3v) is 3.73. The van der Waals surface area contributed by atoms with Crippen molar-refractivity contribution in [3.8, 4) is 0 Å². The second-order valence-electron chi connectivity index (χ2n) is 5.03. The van der Waals surface area contributed by atoms with E-state index in [0.29, 0.717) is 0 Å². The highest BCUT2D eigenvalue weighted by atomic mass is 16.3. The van der Waals surface area contributed by atoms with Gasteiger partial charge in [-0.25, -0.2) is 0 Å². The maximum atomic E-state index is 5.74. The molecule has 0 radical (unpaired) electrons. The van der Waals surface area contributed by atoms with Gasteiger partial charge in [0.15, 0.2) is 0 Å². The van der Waals surface area contributed by atoms with Crippen molar-refractivity contribution in [2.24, 2.45) is 0 Å². The van der Waals surface area contributed by atoms with Gasteiger partial charge in [0.05, 0.1) is 6.54 Å². The van der Waals surface area contributed by atoms with E-state index in [-0.39, 0.29) is 0 Å². The number of piperazine rings is 1. The number of hydrogen-bond donors (Lipinski definition) is 1. The van der Waals surface area contributed by atoms with Gasteiger partial charge in [-0.3, -0.25) is 4.90 Å². The molecule has 1 aliphatic heterocycles. The zero-order valence-electron chi connectivity index (χ0n) is 11.8. The van der Waals surface area contributed by atoms with E-state index in [9.17, 15) is 0 Å². The molecule has 18 heavy (non-hydrogen) atoms. The van der Waals surface area contributed by atoms with Crippen molar-refractivity contribution >= 4 is 0 Å². The number of nitrogens with zero attached hydrogens (tertiary/aromatic N) is 2. The van der Waals surface area contributed by atoms with Crippen LogP contribution in [-0.4, -0.2) is 49.6 Å². The van der Waals surface area contributed by atoms with Gasteiger partial charge in [0.1, 0.15) is 11.5 Å². The van der Waals surface area contributed by atoms with E-state index in [0.717, 1.165) is 24.6 Å². The van der Waals surface area contributed by atoms with Gasteiger partial charge in [0.25, 0.3) is 0 Å². The van der Waals surface area contributed by atoms with Crippen LogP contribution in [0.15, 0.2) is 10.5 Å². The van der Waals surface area contributed by atoms with E-state index in [1.807, 2.05) is 7.05 Å². The number of nitrogens with one attached hydrogen (secondary N) is 1. The summed E-state index contributed by atoms with van der Waals surface area (Å²) in [5, 5.41) is 3.13. The van der Waals surface area contributed by atoms with Crippen molar-refractivity contribution in [1.82, 2.24) is 15.1 Å². The predicted molar refractivity (Wildman–Crippen MR) is 73.6 cm³/mol. The Morgan fingerprint density at radius 2 is 1.89 bits per heavy atom. The summed E-state index contributed by atoms with van der Waals surface area (Å²) in [5.41, 5.74) is 1.34. The highest BCUT2D eigenvalue weighted by molar-refractivity contribution is 5.20. The molecule has 0 saturated carbocycles. The molecular weight excluding hydrogens is 226 g/mol. The normalized spacial score (nSPS) is 18.4. The first kappa shape index (κ1) is 13.6. The van der Waals surface area contributed by atoms with Crippen molar-refractivity contribution in [3.05, 3.63) is 23.2 Å². The molecule has 2 heterocycles. The van der Waals surface area contributed by atoms with Crippen molar-refractivity contribution in [2.75, 3.05) is 39.8 Å². The lowest BCUT2D eigenvalue weighted by Gasteiger charge is -2.33. The van der Waals surface area contributed by atoms with Gasteiger partial charge in [0.2, 0.25) is 0 Å². The van der Waals surface area contributed by atoms with Gasteiger partial charge in [-0.05, 0) is 26.6 Å². The number of rotatable bonds is 5. The Balaban J connectivity index is 1.89. The number of hydrogen-bond acceptors (Lipinski definition) is 4. The smallest absolute Gasteiger partial charge is 0.118 e. The summed E-state index contributed by atoms with van der Waals surface area (Å²) in [4.78, 5) is 5.03. The molecule has 1 saturated heterocycles. The molecule has 1 aromatic rings. The second-order valence-corrected chi connectivity index (χ2v) is 5.03. The first-order valence-electron chi connectivity index (χ1n) is 6.90. The van der Waals surface area contributed by atoms with Gasteiger partial charge in [-0.1, -0.05) is 6.92 Å². The molecule has 4 nitrogen and oxygen atoms in total. The van der Waals surface area contributed by atoms with E-state index >= 15 is 0 Å². The van der Waals surface area contributed by atoms with Crippen molar-refractivity contribution < 1.29 is 4.42 Å². The second kappa shape index (κ2) is 6.36. The number of aryl methyl sites for hydroxylation is 1. The summed E-state index contributed by atoms with van der Waals surface area (Å²) in [5.74, 6) is 2.11. The minimum atomic E-state index is 0.810. The molecule has 102 valence electrons. The molecule has 0 aliphatic carbocycles. The first-order valence-corrected chi connectivity index (χ1v) is 6.90. The standard InChI is InChI=1S/C14H25N3O/c1-4-16-5-7-17(8-6-16)11-13-9-14(10-15-3)18-12(13)2/h9,15H,4-8,10-11H2,1-3H3. The van der Waals surface area contributed by atoms with Gasteiger partial charge >= 0.3 is 0 Å². The van der Waals surface area contributed by atoms with Crippen LogP contribution in [0.1, 0.15) is 24.0 Å². The highest BCUT2D eigenvalue weighted by Gasteiger charge is 2.17. The molecule has 2 rings (SSSR count). The Kier molecular flexibility index (Phi) is 4.80. The zero-order valence-corrected chi connectivity index (χ0v) is 11.8. The van der Waals surface area contributed by atoms with Gasteiger partial charge in [0, 0.05) is 38.3 Å². The summed E-state index contributed by atoms with van der Waals surface area (Å²) in [6, 6.07) is 2.19. The summed E-state index contributed by atoms with van der Waals surface area (Å²) in [6.45, 7) is 12.0. The van der Waals surface area contributed by atoms with Crippen LogP contribution in [0.25, 0.3) is 0 Å². The maximum Gasteiger partial charge on any atom is 0.118 e. The summed E-state index contributed by atoms with van der Waals surface area (Å²) >= 11 is 0. The molecule has 4 heteroatoms. The van der Waals surface area contributed by atoms with Crippen LogP contribution in [0.3, 0.4) is 0 Å². The minimum absolute atomic E-state index is 0.810. The summed E-state index contributed by atoms with van der Waals surface area (Å²) in [7, 11) is 1.95.